The van der Waals surface area contributed by atoms with Gasteiger partial charge in [-0.2, -0.15) is 0 Å². The van der Waals surface area contributed by atoms with Crippen molar-refractivity contribution >= 4 is 0 Å². The van der Waals surface area contributed by atoms with E-state index in [1.54, 1.807) is 0 Å². The van der Waals surface area contributed by atoms with E-state index < -0.39 is 0 Å². The van der Waals surface area contributed by atoms with Crippen molar-refractivity contribution in [2.75, 3.05) is 0 Å². The Morgan fingerprint density at radius 3 is 1.67 bits per heavy atom. The van der Waals surface area contributed by atoms with Crippen LogP contribution in [0, 0.1) is 5.53 Å². The number of hydrogen-bond acceptors (Lipinski definition) is 2. The molecule has 0 spiro atoms. The van der Waals surface area contributed by atoms with Crippen molar-refractivity contribution in [1.82, 2.24) is 0 Å². The van der Waals surface area contributed by atoms with Gasteiger partial charge in [-0.05, 0) is 0 Å². The first kappa shape index (κ1) is 17.1. The third kappa shape index (κ3) is 49.8. The molecule has 0 radical (unpaired) electrons. The number of nitrogens with zero attached hydrogens (tertiary/aromatic N) is 3. The van der Waals surface area contributed by atoms with E-state index in [9.17, 15) is 0 Å². The number of nitrogens with one attached hydrogen (secondary N) is 1. The fourth-order valence-electron chi connectivity index (χ4n) is 0. The molecule has 6 heavy (non-hydrogen) atoms. The van der Waals surface area contributed by atoms with Crippen LogP contribution in [0.5, 0.6) is 0 Å². The van der Waals surface area contributed by atoms with Crippen molar-refractivity contribution in [2.45, 2.75) is 0 Å². The maximum absolute atomic E-state index is 7.15. The van der Waals surface area contributed by atoms with Crippen molar-refractivity contribution in [1.29, 1.82) is 5.53 Å². The summed E-state index contributed by atoms with van der Waals surface area (Å²) >= 11 is 0. The van der Waals surface area contributed by atoms with Crippen LogP contribution >= 0.6 is 0 Å². The second kappa shape index (κ2) is 21.7. The summed E-state index contributed by atoms with van der Waals surface area (Å²) in [6, 6.07) is 0. The molecule has 0 saturated carbocycles. The zero-order valence-electron chi connectivity index (χ0n) is 3.29. The topological polar surface area (TPSA) is 101 Å². The summed E-state index contributed by atoms with van der Waals surface area (Å²) in [4.78, 5) is 0. The predicted octanol–water partition coefficient (Wildman–Crippen LogP) is -2.22. The second-order valence-corrected chi connectivity index (χ2v) is 0.189. The van der Waals surface area contributed by atoms with Gasteiger partial charge in [0, 0.05) is 0 Å². The molecular formula is H2LiN4O-. The molecule has 30 valence electrons. The first-order valence-electron chi connectivity index (χ1n) is 0.624. The van der Waals surface area contributed by atoms with Crippen molar-refractivity contribution in [2.24, 2.45) is 10.4 Å². The van der Waals surface area contributed by atoms with E-state index >= 15 is 0 Å². The van der Waals surface area contributed by atoms with Gasteiger partial charge >= 0.3 is 18.9 Å². The predicted molar refractivity (Wildman–Crippen MR) is 12.9 cm³/mol. The van der Waals surface area contributed by atoms with Crippen LogP contribution < -0.4 is 18.9 Å². The number of hydrogen-bond donors (Lipinski definition) is 1. The minimum Gasteiger partial charge on any atom is -0.870 e. The third-order valence-corrected chi connectivity index (χ3v) is 0.0447. The van der Waals surface area contributed by atoms with Gasteiger partial charge in [0.2, 0.25) is 0 Å². The summed E-state index contributed by atoms with van der Waals surface area (Å²) in [6.45, 7) is 0. The smallest absolute Gasteiger partial charge is 0.870 e. The molecule has 0 aliphatic rings. The molecule has 0 rings (SSSR count). The van der Waals surface area contributed by atoms with E-state index in [2.05, 4.69) is 5.22 Å². The Bertz CT molecular complexity index is 28.5. The SMILES string of the molecule is [Li+].[N-]=NN=N.[OH-]. The van der Waals surface area contributed by atoms with Crippen LogP contribution in [0.25, 0.3) is 5.53 Å². The Morgan fingerprint density at radius 2 is 1.67 bits per heavy atom. The van der Waals surface area contributed by atoms with Crippen LogP contribution in [0.1, 0.15) is 0 Å². The van der Waals surface area contributed by atoms with E-state index in [1.165, 1.54) is 0 Å². The van der Waals surface area contributed by atoms with Crippen LogP contribution in [-0.4, -0.2) is 5.48 Å². The molecule has 0 bridgehead atoms. The third-order valence-electron chi connectivity index (χ3n) is 0.0447. The minimum absolute atomic E-state index is 0. The fraction of sp³-hybridized carbons (Fsp3) is 0. The Morgan fingerprint density at radius 1 is 1.50 bits per heavy atom. The van der Waals surface area contributed by atoms with Gasteiger partial charge in [-0.1, -0.05) is 0 Å². The van der Waals surface area contributed by atoms with Crippen molar-refractivity contribution in [3.05, 3.63) is 5.53 Å². The van der Waals surface area contributed by atoms with Crippen molar-refractivity contribution in [3.63, 3.8) is 0 Å². The molecule has 0 atom stereocenters. The molecular weight excluding hydrogens is 79.0 g/mol. The molecule has 0 aromatic rings. The summed E-state index contributed by atoms with van der Waals surface area (Å²) < 4.78 is 0. The molecule has 0 aromatic heterocycles. The molecule has 0 aromatic carbocycles. The Kier molecular flexibility index (Phi) is 62.1. The van der Waals surface area contributed by atoms with Gasteiger partial charge < -0.3 is 11.0 Å². The van der Waals surface area contributed by atoms with Crippen molar-refractivity contribution in [3.8, 4) is 0 Å². The Labute approximate surface area is 46.6 Å². The molecule has 0 fully saturated rings. The summed E-state index contributed by atoms with van der Waals surface area (Å²) in [5.74, 6) is 0. The normalized spacial score (nSPS) is 3.33. The molecule has 5 nitrogen and oxygen atoms in total. The van der Waals surface area contributed by atoms with Crippen LogP contribution in [-0.2, 0) is 0 Å². The van der Waals surface area contributed by atoms with E-state index in [0.717, 1.165) is 0 Å². The number of rotatable bonds is 1. The van der Waals surface area contributed by atoms with Gasteiger partial charge in [0.15, 0.2) is 0 Å². The summed E-state index contributed by atoms with van der Waals surface area (Å²) in [7, 11) is 0. The minimum atomic E-state index is 0. The standard InChI is InChI=1S/Li.HN4.H2O/c;1-3-4-2;/h;1H;1H2/q+1;-1;/p-1. The molecule has 0 heterocycles. The summed E-state index contributed by atoms with van der Waals surface area (Å²) in [6.07, 6.45) is 0. The van der Waals surface area contributed by atoms with Gasteiger partial charge in [0.25, 0.3) is 0 Å². The average molecular weight is 81.0 g/mol. The van der Waals surface area contributed by atoms with Gasteiger partial charge in [-0.3, -0.25) is 16.0 Å². The monoisotopic (exact) mass is 81.0 g/mol. The second-order valence-electron chi connectivity index (χ2n) is 0.189. The maximum atomic E-state index is 7.15. The maximum Gasteiger partial charge on any atom is 1.00 e. The van der Waals surface area contributed by atoms with Crippen LogP contribution in [0.2, 0.25) is 0 Å². The van der Waals surface area contributed by atoms with Crippen molar-refractivity contribution < 1.29 is 24.3 Å². The van der Waals surface area contributed by atoms with Gasteiger partial charge in [0.05, 0.1) is 0 Å². The first-order valence-corrected chi connectivity index (χ1v) is 0.624. The molecule has 0 saturated heterocycles. The van der Waals surface area contributed by atoms with Crippen LogP contribution in [0.3, 0.4) is 0 Å². The van der Waals surface area contributed by atoms with Gasteiger partial charge in [-0.25, -0.2) is 0 Å². The summed E-state index contributed by atoms with van der Waals surface area (Å²) in [5.41, 5.74) is 12.8. The zero-order chi connectivity index (χ0) is 3.41. The van der Waals surface area contributed by atoms with Gasteiger partial charge in [-0.15, -0.1) is 0 Å². The molecule has 0 aliphatic heterocycles. The molecule has 0 amide bonds. The molecule has 6 heteroatoms. The van der Waals surface area contributed by atoms with Gasteiger partial charge in [0.1, 0.15) is 0 Å². The molecule has 2 N–H and O–H groups in total. The molecule has 0 unspecified atom stereocenters. The Balaban J connectivity index is -0.0000000450. The van der Waals surface area contributed by atoms with E-state index in [0.29, 0.717) is 0 Å². The van der Waals surface area contributed by atoms with Crippen LogP contribution in [0.4, 0.5) is 0 Å². The zero-order valence-corrected chi connectivity index (χ0v) is 3.29. The largest absolute Gasteiger partial charge is 1.00 e. The Hall–Kier alpha value is -0.243. The van der Waals surface area contributed by atoms with Crippen LogP contribution in [0.15, 0.2) is 10.4 Å². The molecule has 0 aliphatic carbocycles. The first-order chi connectivity index (χ1) is 1.91. The van der Waals surface area contributed by atoms with E-state index in [1.807, 2.05) is 5.22 Å². The quantitative estimate of drug-likeness (QED) is 0.216. The van der Waals surface area contributed by atoms with E-state index in [4.69, 9.17) is 11.1 Å². The summed E-state index contributed by atoms with van der Waals surface area (Å²) in [5, 5.41) is 4.19. The van der Waals surface area contributed by atoms with E-state index in [-0.39, 0.29) is 24.3 Å². The fourth-order valence-corrected chi connectivity index (χ4v) is 0. The average Bonchev–Trinajstić information content (AvgIpc) is 1.37.